The van der Waals surface area contributed by atoms with Crippen LogP contribution in [0.25, 0.3) is 0 Å². The van der Waals surface area contributed by atoms with Gasteiger partial charge in [0, 0.05) is 18.3 Å². The number of benzene rings is 1. The Hall–Kier alpha value is -2.08. The van der Waals surface area contributed by atoms with Crippen molar-refractivity contribution in [1.29, 1.82) is 0 Å². The molecule has 1 heterocycles. The molecule has 1 aromatic carbocycles. The molecule has 6 nitrogen and oxygen atoms in total. The number of carboxylic acid groups (broad SMARTS) is 1. The molecule has 1 aliphatic heterocycles. The number of rotatable bonds is 3. The standard InChI is InChI=1S/C17H24N2O4/c1-10-5-6-11(14-8-12(9-18-14)15(20)21)7-13(10)19-16(22)23-17(2,3)4/h5-7,12,14,18H,8-9H2,1-4H3,(H,19,22)(H,20,21). The van der Waals surface area contributed by atoms with Gasteiger partial charge in [0.2, 0.25) is 0 Å². The predicted molar refractivity (Wildman–Crippen MR) is 87.5 cm³/mol. The van der Waals surface area contributed by atoms with Crippen molar-refractivity contribution in [1.82, 2.24) is 5.32 Å². The highest BCUT2D eigenvalue weighted by molar-refractivity contribution is 5.86. The Morgan fingerprint density at radius 3 is 2.61 bits per heavy atom. The lowest BCUT2D eigenvalue weighted by Crippen LogP contribution is -2.27. The lowest BCUT2D eigenvalue weighted by Gasteiger charge is -2.21. The summed E-state index contributed by atoms with van der Waals surface area (Å²) in [5.41, 5.74) is 2.01. The van der Waals surface area contributed by atoms with E-state index in [1.165, 1.54) is 0 Å². The maximum atomic E-state index is 11.9. The first kappa shape index (κ1) is 17.3. The number of carbonyl (C=O) groups excluding carboxylic acids is 1. The highest BCUT2D eigenvalue weighted by atomic mass is 16.6. The highest BCUT2D eigenvalue weighted by Gasteiger charge is 2.30. The summed E-state index contributed by atoms with van der Waals surface area (Å²) in [6, 6.07) is 5.73. The Labute approximate surface area is 136 Å². The van der Waals surface area contributed by atoms with E-state index in [1.807, 2.05) is 45.9 Å². The van der Waals surface area contributed by atoms with E-state index in [2.05, 4.69) is 10.6 Å². The smallest absolute Gasteiger partial charge is 0.412 e. The van der Waals surface area contributed by atoms with Crippen LogP contribution >= 0.6 is 0 Å². The molecule has 0 aliphatic carbocycles. The van der Waals surface area contributed by atoms with Crippen LogP contribution in [0.1, 0.15) is 44.4 Å². The molecule has 2 unspecified atom stereocenters. The van der Waals surface area contributed by atoms with Crippen LogP contribution in [0, 0.1) is 12.8 Å². The second-order valence-corrected chi connectivity index (χ2v) is 6.93. The Morgan fingerprint density at radius 1 is 1.35 bits per heavy atom. The number of carbonyl (C=O) groups is 2. The monoisotopic (exact) mass is 320 g/mol. The van der Waals surface area contributed by atoms with Crippen molar-refractivity contribution in [2.75, 3.05) is 11.9 Å². The SMILES string of the molecule is Cc1ccc(C2CC(C(=O)O)CN2)cc1NC(=O)OC(C)(C)C. The van der Waals surface area contributed by atoms with Crippen LogP contribution in [0.4, 0.5) is 10.5 Å². The molecule has 2 rings (SSSR count). The van der Waals surface area contributed by atoms with E-state index in [9.17, 15) is 9.59 Å². The van der Waals surface area contributed by atoms with Gasteiger partial charge in [-0.2, -0.15) is 0 Å². The van der Waals surface area contributed by atoms with E-state index in [0.29, 0.717) is 18.7 Å². The molecule has 0 bridgehead atoms. The average molecular weight is 320 g/mol. The second-order valence-electron chi connectivity index (χ2n) is 6.93. The van der Waals surface area contributed by atoms with Crippen LogP contribution in [0.3, 0.4) is 0 Å². The normalized spacial score (nSPS) is 21.0. The van der Waals surface area contributed by atoms with Gasteiger partial charge in [0.05, 0.1) is 5.92 Å². The summed E-state index contributed by atoms with van der Waals surface area (Å²) >= 11 is 0. The van der Waals surface area contributed by atoms with E-state index in [-0.39, 0.29) is 12.0 Å². The molecule has 0 saturated carbocycles. The average Bonchev–Trinajstić information content (AvgIpc) is 2.89. The summed E-state index contributed by atoms with van der Waals surface area (Å²) in [4.78, 5) is 23.0. The zero-order chi connectivity index (χ0) is 17.2. The molecular weight excluding hydrogens is 296 g/mol. The van der Waals surface area contributed by atoms with E-state index in [1.54, 1.807) is 0 Å². The Bertz CT molecular complexity index is 607. The summed E-state index contributed by atoms with van der Waals surface area (Å²) in [6.45, 7) is 7.79. The van der Waals surface area contributed by atoms with Gasteiger partial charge in [-0.15, -0.1) is 0 Å². The Kier molecular flexibility index (Phi) is 4.94. The fourth-order valence-corrected chi connectivity index (χ4v) is 2.58. The number of carboxylic acids is 1. The van der Waals surface area contributed by atoms with E-state index < -0.39 is 17.7 Å². The fraction of sp³-hybridized carbons (Fsp3) is 0.529. The Morgan fingerprint density at radius 2 is 2.04 bits per heavy atom. The fourth-order valence-electron chi connectivity index (χ4n) is 2.58. The molecular formula is C17H24N2O4. The van der Waals surface area contributed by atoms with Crippen molar-refractivity contribution in [3.05, 3.63) is 29.3 Å². The molecule has 3 N–H and O–H groups in total. The number of ether oxygens (including phenoxy) is 1. The van der Waals surface area contributed by atoms with Crippen molar-refractivity contribution >= 4 is 17.7 Å². The molecule has 1 saturated heterocycles. The molecule has 1 aromatic rings. The van der Waals surface area contributed by atoms with Gasteiger partial charge in [-0.25, -0.2) is 4.79 Å². The third-order valence-corrected chi connectivity index (χ3v) is 3.78. The van der Waals surface area contributed by atoms with Gasteiger partial charge in [-0.05, 0) is 51.3 Å². The van der Waals surface area contributed by atoms with Crippen LogP contribution < -0.4 is 10.6 Å². The van der Waals surface area contributed by atoms with Gasteiger partial charge >= 0.3 is 12.1 Å². The van der Waals surface area contributed by atoms with Crippen molar-refractivity contribution < 1.29 is 19.4 Å². The molecule has 23 heavy (non-hydrogen) atoms. The lowest BCUT2D eigenvalue weighted by molar-refractivity contribution is -0.141. The largest absolute Gasteiger partial charge is 0.481 e. The molecule has 0 spiro atoms. The molecule has 6 heteroatoms. The molecule has 1 aliphatic rings. The lowest BCUT2D eigenvalue weighted by atomic mass is 9.98. The maximum absolute atomic E-state index is 11.9. The van der Waals surface area contributed by atoms with Crippen molar-refractivity contribution in [3.8, 4) is 0 Å². The van der Waals surface area contributed by atoms with Gasteiger partial charge in [0.15, 0.2) is 0 Å². The number of amides is 1. The first-order chi connectivity index (χ1) is 10.7. The topological polar surface area (TPSA) is 87.7 Å². The van der Waals surface area contributed by atoms with Gasteiger partial charge in [-0.3, -0.25) is 10.1 Å². The van der Waals surface area contributed by atoms with Crippen LogP contribution in [-0.4, -0.2) is 29.3 Å². The van der Waals surface area contributed by atoms with Gasteiger partial charge in [0.1, 0.15) is 5.60 Å². The molecule has 2 atom stereocenters. The van der Waals surface area contributed by atoms with E-state index in [0.717, 1.165) is 11.1 Å². The van der Waals surface area contributed by atoms with E-state index in [4.69, 9.17) is 9.84 Å². The minimum atomic E-state index is -0.779. The summed E-state index contributed by atoms with van der Waals surface area (Å²) < 4.78 is 5.27. The van der Waals surface area contributed by atoms with Crippen LogP contribution in [-0.2, 0) is 9.53 Å². The summed E-state index contributed by atoms with van der Waals surface area (Å²) in [5, 5.41) is 15.1. The number of aliphatic carboxylic acids is 1. The maximum Gasteiger partial charge on any atom is 0.412 e. The van der Waals surface area contributed by atoms with E-state index >= 15 is 0 Å². The van der Waals surface area contributed by atoms with Crippen LogP contribution in [0.15, 0.2) is 18.2 Å². The van der Waals surface area contributed by atoms with Crippen molar-refractivity contribution in [2.45, 2.75) is 45.8 Å². The first-order valence-electron chi connectivity index (χ1n) is 7.72. The molecule has 126 valence electrons. The van der Waals surface area contributed by atoms with Gasteiger partial charge in [-0.1, -0.05) is 12.1 Å². The van der Waals surface area contributed by atoms with Crippen molar-refractivity contribution in [3.63, 3.8) is 0 Å². The minimum Gasteiger partial charge on any atom is -0.481 e. The number of hydrogen-bond donors (Lipinski definition) is 3. The van der Waals surface area contributed by atoms with Gasteiger partial charge < -0.3 is 15.2 Å². The Balaban J connectivity index is 2.10. The summed E-state index contributed by atoms with van der Waals surface area (Å²) in [5.74, 6) is -1.15. The summed E-state index contributed by atoms with van der Waals surface area (Å²) in [7, 11) is 0. The summed E-state index contributed by atoms with van der Waals surface area (Å²) in [6.07, 6.45) is 0.0464. The quantitative estimate of drug-likeness (QED) is 0.796. The zero-order valence-corrected chi connectivity index (χ0v) is 14.0. The number of aryl methyl sites for hydroxylation is 1. The third-order valence-electron chi connectivity index (χ3n) is 3.78. The molecule has 1 amide bonds. The number of anilines is 1. The second kappa shape index (κ2) is 6.58. The first-order valence-corrected chi connectivity index (χ1v) is 7.72. The van der Waals surface area contributed by atoms with Crippen molar-refractivity contribution in [2.24, 2.45) is 5.92 Å². The molecule has 0 radical (unpaired) electrons. The van der Waals surface area contributed by atoms with Gasteiger partial charge in [0.25, 0.3) is 0 Å². The predicted octanol–water partition coefficient (Wildman–Crippen LogP) is 3.08. The minimum absolute atomic E-state index is 0.0177. The number of hydrogen-bond acceptors (Lipinski definition) is 4. The third kappa shape index (κ3) is 4.69. The highest BCUT2D eigenvalue weighted by Crippen LogP contribution is 2.30. The molecule has 1 fully saturated rings. The van der Waals surface area contributed by atoms with Crippen LogP contribution in [0.2, 0.25) is 0 Å². The number of nitrogens with one attached hydrogen (secondary N) is 2. The zero-order valence-electron chi connectivity index (χ0n) is 14.0. The molecule has 0 aromatic heterocycles. The van der Waals surface area contributed by atoms with Crippen LogP contribution in [0.5, 0.6) is 0 Å².